The third-order valence-electron chi connectivity index (χ3n) is 2.16. The molecule has 0 aliphatic carbocycles. The van der Waals surface area contributed by atoms with Crippen LogP contribution in [-0.2, 0) is 10.0 Å². The van der Waals surface area contributed by atoms with Crippen LogP contribution < -0.4 is 4.72 Å². The van der Waals surface area contributed by atoms with E-state index in [1.54, 1.807) is 18.5 Å². The van der Waals surface area contributed by atoms with Crippen LogP contribution in [0.25, 0.3) is 0 Å². The van der Waals surface area contributed by atoms with Crippen molar-refractivity contribution < 1.29 is 8.42 Å². The first kappa shape index (κ1) is 13.4. The lowest BCUT2D eigenvalue weighted by Crippen LogP contribution is -2.26. The first-order chi connectivity index (χ1) is 8.49. The van der Waals surface area contributed by atoms with Gasteiger partial charge >= 0.3 is 0 Å². The van der Waals surface area contributed by atoms with Gasteiger partial charge in [0.2, 0.25) is 10.0 Å². The van der Waals surface area contributed by atoms with Crippen molar-refractivity contribution >= 4 is 33.0 Å². The normalized spacial score (nSPS) is 13.4. The molecule has 0 fully saturated rings. The van der Waals surface area contributed by atoms with Crippen molar-refractivity contribution in [2.24, 2.45) is 0 Å². The molecule has 2 aromatic heterocycles. The maximum absolute atomic E-state index is 12.0. The lowest BCUT2D eigenvalue weighted by Gasteiger charge is -2.11. The first-order valence-corrected chi connectivity index (χ1v) is 7.76. The first-order valence-electron chi connectivity index (χ1n) is 5.02. The predicted molar refractivity (Wildman–Crippen MR) is 70.1 cm³/mol. The fourth-order valence-corrected chi connectivity index (χ4v) is 3.30. The minimum atomic E-state index is -3.61. The fourth-order valence-electron chi connectivity index (χ4n) is 1.32. The van der Waals surface area contributed by atoms with Gasteiger partial charge in [0.15, 0.2) is 0 Å². The summed E-state index contributed by atoms with van der Waals surface area (Å²) < 4.78 is 26.6. The Morgan fingerprint density at radius 3 is 2.72 bits per heavy atom. The van der Waals surface area contributed by atoms with E-state index in [0.29, 0.717) is 5.01 Å². The zero-order chi connectivity index (χ0) is 13.2. The largest absolute Gasteiger partial charge is 0.248 e. The number of thiazole rings is 1. The smallest absolute Gasteiger partial charge is 0.242 e. The topological polar surface area (TPSA) is 72.0 Å². The summed E-state index contributed by atoms with van der Waals surface area (Å²) >= 11 is 7.01. The highest BCUT2D eigenvalue weighted by Gasteiger charge is 2.19. The second-order valence-corrected chi connectivity index (χ2v) is 6.56. The SMILES string of the molecule is CC(NS(=O)(=O)c1ccc(Cl)nc1)c1nccs1. The molecule has 2 rings (SSSR count). The molecule has 5 nitrogen and oxygen atoms in total. The number of nitrogens with one attached hydrogen (secondary N) is 1. The molecule has 0 spiro atoms. The van der Waals surface area contributed by atoms with Gasteiger partial charge < -0.3 is 0 Å². The maximum atomic E-state index is 12.0. The summed E-state index contributed by atoms with van der Waals surface area (Å²) in [4.78, 5) is 7.89. The number of hydrogen-bond donors (Lipinski definition) is 1. The Morgan fingerprint density at radius 1 is 1.39 bits per heavy atom. The third-order valence-corrected chi connectivity index (χ3v) is 4.87. The molecule has 0 saturated heterocycles. The Hall–Kier alpha value is -1.02. The van der Waals surface area contributed by atoms with Gasteiger partial charge in [-0.2, -0.15) is 0 Å². The average molecular weight is 304 g/mol. The van der Waals surface area contributed by atoms with Gasteiger partial charge in [-0.3, -0.25) is 0 Å². The summed E-state index contributed by atoms with van der Waals surface area (Å²) in [7, 11) is -3.61. The van der Waals surface area contributed by atoms with Crippen LogP contribution in [0.1, 0.15) is 18.0 Å². The summed E-state index contributed by atoms with van der Waals surface area (Å²) in [6, 6.07) is 2.46. The van der Waals surface area contributed by atoms with Crippen molar-refractivity contribution in [3.05, 3.63) is 40.1 Å². The molecule has 18 heavy (non-hydrogen) atoms. The van der Waals surface area contributed by atoms with E-state index in [9.17, 15) is 8.42 Å². The number of sulfonamides is 1. The molecule has 0 radical (unpaired) electrons. The lowest BCUT2D eigenvalue weighted by molar-refractivity contribution is 0.566. The molecule has 1 atom stereocenters. The molecule has 0 bridgehead atoms. The van der Waals surface area contributed by atoms with Crippen LogP contribution in [0, 0.1) is 0 Å². The highest BCUT2D eigenvalue weighted by atomic mass is 35.5. The van der Waals surface area contributed by atoms with E-state index in [1.807, 2.05) is 0 Å². The molecule has 2 heterocycles. The Kier molecular flexibility index (Phi) is 3.96. The van der Waals surface area contributed by atoms with Crippen LogP contribution >= 0.6 is 22.9 Å². The standard InChI is InChI=1S/C10H10ClN3O2S2/c1-7(10-12-4-5-17-10)14-18(15,16)8-2-3-9(11)13-6-8/h2-7,14H,1H3. The molecule has 1 N–H and O–H groups in total. The summed E-state index contributed by atoms with van der Waals surface area (Å²) in [6.45, 7) is 1.74. The molecule has 0 aromatic carbocycles. The van der Waals surface area contributed by atoms with Crippen molar-refractivity contribution in [2.45, 2.75) is 17.9 Å². The minimum Gasteiger partial charge on any atom is -0.248 e. The zero-order valence-electron chi connectivity index (χ0n) is 9.37. The van der Waals surface area contributed by atoms with Gasteiger partial charge in [-0.1, -0.05) is 11.6 Å². The van der Waals surface area contributed by atoms with Crippen LogP contribution in [0.4, 0.5) is 0 Å². The number of aromatic nitrogens is 2. The molecule has 1 unspecified atom stereocenters. The van der Waals surface area contributed by atoms with Gasteiger partial charge in [0.1, 0.15) is 15.1 Å². The number of nitrogens with zero attached hydrogens (tertiary/aromatic N) is 2. The highest BCUT2D eigenvalue weighted by Crippen LogP contribution is 2.18. The minimum absolute atomic E-state index is 0.0790. The molecular formula is C10H10ClN3O2S2. The van der Waals surface area contributed by atoms with Crippen molar-refractivity contribution in [1.29, 1.82) is 0 Å². The van der Waals surface area contributed by atoms with Crippen LogP contribution in [-0.4, -0.2) is 18.4 Å². The van der Waals surface area contributed by atoms with Crippen molar-refractivity contribution in [2.75, 3.05) is 0 Å². The Labute approximate surface area is 114 Å². The third kappa shape index (κ3) is 3.05. The molecular weight excluding hydrogens is 294 g/mol. The molecule has 0 amide bonds. The summed E-state index contributed by atoms with van der Waals surface area (Å²) in [5.74, 6) is 0. The molecule has 2 aromatic rings. The zero-order valence-corrected chi connectivity index (χ0v) is 11.8. The van der Waals surface area contributed by atoms with E-state index >= 15 is 0 Å². The van der Waals surface area contributed by atoms with E-state index in [0.717, 1.165) is 0 Å². The predicted octanol–water partition coefficient (Wildman–Crippen LogP) is 2.23. The van der Waals surface area contributed by atoms with Crippen molar-refractivity contribution in [3.8, 4) is 0 Å². The van der Waals surface area contributed by atoms with Gasteiger partial charge in [-0.05, 0) is 19.1 Å². The Balaban J connectivity index is 2.20. The number of halogens is 1. The van der Waals surface area contributed by atoms with Gasteiger partial charge in [0.05, 0.1) is 6.04 Å². The number of hydrogen-bond acceptors (Lipinski definition) is 5. The molecule has 8 heteroatoms. The maximum Gasteiger partial charge on any atom is 0.242 e. The van der Waals surface area contributed by atoms with Gasteiger partial charge in [-0.15, -0.1) is 11.3 Å². The van der Waals surface area contributed by atoms with E-state index in [2.05, 4.69) is 14.7 Å². The lowest BCUT2D eigenvalue weighted by atomic mass is 10.4. The van der Waals surface area contributed by atoms with Crippen molar-refractivity contribution in [3.63, 3.8) is 0 Å². The molecule has 0 aliphatic heterocycles. The summed E-state index contributed by atoms with van der Waals surface area (Å²) in [5, 5.41) is 2.76. The second kappa shape index (κ2) is 5.31. The van der Waals surface area contributed by atoms with Gasteiger partial charge in [0.25, 0.3) is 0 Å². The summed E-state index contributed by atoms with van der Waals surface area (Å²) in [6.07, 6.45) is 2.86. The van der Waals surface area contributed by atoms with E-state index in [-0.39, 0.29) is 16.1 Å². The highest BCUT2D eigenvalue weighted by molar-refractivity contribution is 7.89. The Morgan fingerprint density at radius 2 is 2.17 bits per heavy atom. The molecule has 0 aliphatic rings. The average Bonchev–Trinajstić information content (AvgIpc) is 2.82. The number of pyridine rings is 1. The van der Waals surface area contributed by atoms with Crippen LogP contribution in [0.5, 0.6) is 0 Å². The number of rotatable bonds is 4. The quantitative estimate of drug-likeness (QED) is 0.879. The Bertz CT molecular complexity index is 611. The van der Waals surface area contributed by atoms with E-state index in [1.165, 1.54) is 29.7 Å². The summed E-state index contributed by atoms with van der Waals surface area (Å²) in [5.41, 5.74) is 0. The fraction of sp³-hybridized carbons (Fsp3) is 0.200. The molecule has 96 valence electrons. The van der Waals surface area contributed by atoms with E-state index in [4.69, 9.17) is 11.6 Å². The second-order valence-electron chi connectivity index (χ2n) is 3.53. The molecule has 0 saturated carbocycles. The van der Waals surface area contributed by atoms with Crippen molar-refractivity contribution in [1.82, 2.24) is 14.7 Å². The van der Waals surface area contributed by atoms with Gasteiger partial charge in [0, 0.05) is 17.8 Å². The van der Waals surface area contributed by atoms with E-state index < -0.39 is 10.0 Å². The van der Waals surface area contributed by atoms with Gasteiger partial charge in [-0.25, -0.2) is 23.1 Å². The van der Waals surface area contributed by atoms with Crippen LogP contribution in [0.15, 0.2) is 34.8 Å². The van der Waals surface area contributed by atoms with Crippen LogP contribution in [0.2, 0.25) is 5.15 Å². The van der Waals surface area contributed by atoms with Crippen LogP contribution in [0.3, 0.4) is 0 Å². The monoisotopic (exact) mass is 303 g/mol.